The van der Waals surface area contributed by atoms with Gasteiger partial charge in [0.2, 0.25) is 0 Å². The lowest BCUT2D eigenvalue weighted by molar-refractivity contribution is -0.235. The molecule has 1 unspecified atom stereocenters. The van der Waals surface area contributed by atoms with Crippen molar-refractivity contribution in [2.75, 3.05) is 25.6 Å². The third-order valence-corrected chi connectivity index (χ3v) is 16.1. The number of aromatic nitrogens is 6. The Morgan fingerprint density at radius 3 is 2.16 bits per heavy atom. The Morgan fingerprint density at radius 1 is 0.843 bits per heavy atom. The first kappa shape index (κ1) is 52.8. The van der Waals surface area contributed by atoms with Crippen LogP contribution in [0.5, 0.6) is 11.5 Å². The predicted molar refractivity (Wildman–Crippen MR) is 249 cm³/mol. The summed E-state index contributed by atoms with van der Waals surface area (Å²) >= 11 is 0.584. The number of fused-ring (bicyclic) bond motifs is 3. The second kappa shape index (κ2) is 23.5. The molecule has 3 fully saturated rings. The quantitative estimate of drug-likeness (QED) is 0.0313. The third kappa shape index (κ3) is 12.7. The van der Waals surface area contributed by atoms with Gasteiger partial charge in [0.1, 0.15) is 47.8 Å². The zero-order valence-corrected chi connectivity index (χ0v) is 40.7. The van der Waals surface area contributed by atoms with E-state index in [-0.39, 0.29) is 35.9 Å². The maximum absolute atomic E-state index is 16.5. The molecule has 3 aromatic heterocycles. The fourth-order valence-electron chi connectivity index (χ4n) is 7.88. The Labute approximate surface area is 404 Å². The van der Waals surface area contributed by atoms with E-state index in [0.29, 0.717) is 39.4 Å². The van der Waals surface area contributed by atoms with Crippen molar-refractivity contribution in [3.8, 4) is 11.5 Å². The van der Waals surface area contributed by atoms with Gasteiger partial charge in [-0.15, -0.1) is 0 Å². The fourth-order valence-corrected chi connectivity index (χ4v) is 12.2. The Hall–Kier alpha value is -5.00. The van der Waals surface area contributed by atoms with Crippen molar-refractivity contribution >= 4 is 49.0 Å². The molecule has 378 valence electrons. The van der Waals surface area contributed by atoms with Crippen LogP contribution in [0.2, 0.25) is 0 Å². The number of hydrogen-bond acceptors (Lipinski definition) is 19. The van der Waals surface area contributed by atoms with Crippen LogP contribution in [0.15, 0.2) is 83.0 Å². The number of alkyl halides is 2. The number of carbonyl (C=O) groups excluding carboxylic acids is 1. The lowest BCUT2D eigenvalue weighted by atomic mass is 10.1. The highest BCUT2D eigenvalue weighted by molar-refractivity contribution is 8.54. The molecule has 3 N–H and O–H groups in total. The number of ether oxygens (including phenoxy) is 4. The van der Waals surface area contributed by atoms with E-state index in [1.165, 1.54) is 50.7 Å². The van der Waals surface area contributed by atoms with Gasteiger partial charge in [-0.1, -0.05) is 64.0 Å². The van der Waals surface area contributed by atoms with Crippen LogP contribution in [0.4, 0.5) is 14.6 Å². The maximum atomic E-state index is 16.5. The van der Waals surface area contributed by atoms with E-state index < -0.39 is 94.3 Å². The number of aromatic amines is 1. The highest BCUT2D eigenvalue weighted by Gasteiger charge is 2.54. The van der Waals surface area contributed by atoms with Gasteiger partial charge in [0.05, 0.1) is 31.7 Å². The zero-order chi connectivity index (χ0) is 48.7. The first-order valence-corrected chi connectivity index (χ1v) is 26.9. The maximum Gasteiger partial charge on any atom is 0.389 e. The number of phosphoric ester groups is 1. The monoisotopic (exact) mass is 1040 g/mol. The van der Waals surface area contributed by atoms with Crippen LogP contribution < -0.4 is 31.3 Å². The number of rotatable bonds is 17. The molecule has 10 atom stereocenters. The number of hydrogen-bond donors (Lipinski definition) is 2. The van der Waals surface area contributed by atoms with Gasteiger partial charge in [0.15, 0.2) is 36.3 Å². The Kier molecular flexibility index (Phi) is 17.7. The molecule has 21 nitrogen and oxygen atoms in total. The molecule has 3 aliphatic heterocycles. The number of esters is 1. The topological polar surface area (TPSA) is 273 Å². The van der Waals surface area contributed by atoms with E-state index in [4.69, 9.17) is 42.8 Å². The number of benzene rings is 2. The molecule has 26 heteroatoms. The second-order valence-corrected chi connectivity index (χ2v) is 21.8. The number of nitrogens with two attached hydrogens (primary N) is 1. The van der Waals surface area contributed by atoms with Crippen LogP contribution in [0, 0.1) is 7.43 Å². The molecule has 6 heterocycles. The molecule has 0 amide bonds. The van der Waals surface area contributed by atoms with Crippen molar-refractivity contribution in [3.63, 3.8) is 0 Å². The van der Waals surface area contributed by atoms with Crippen molar-refractivity contribution in [1.82, 2.24) is 29.1 Å². The highest BCUT2D eigenvalue weighted by Crippen LogP contribution is 2.64. The summed E-state index contributed by atoms with van der Waals surface area (Å²) in [7, 11) is -5.49. The molecule has 2 aromatic carbocycles. The van der Waals surface area contributed by atoms with Gasteiger partial charge in [-0.25, -0.2) is 37.9 Å². The van der Waals surface area contributed by atoms with Crippen molar-refractivity contribution in [1.29, 1.82) is 0 Å². The molecule has 0 saturated carbocycles. The molecule has 70 heavy (non-hydrogen) atoms. The van der Waals surface area contributed by atoms with Gasteiger partial charge in [-0.2, -0.15) is 0 Å². The number of H-pyrrole nitrogens is 1. The molecular weight excluding hydrogens is 983 g/mol. The molecule has 0 aliphatic carbocycles. The van der Waals surface area contributed by atoms with Gasteiger partial charge in [-0.05, 0) is 59.8 Å². The summed E-state index contributed by atoms with van der Waals surface area (Å²) in [6.45, 7) is -3.74. The molecule has 0 bridgehead atoms. The summed E-state index contributed by atoms with van der Waals surface area (Å²) in [5.41, 5.74) is 4.98. The van der Waals surface area contributed by atoms with Crippen molar-refractivity contribution < 1.29 is 64.6 Å². The third-order valence-electron chi connectivity index (χ3n) is 11.5. The lowest BCUT2D eigenvalue weighted by Gasteiger charge is -2.32. The average Bonchev–Trinajstić information content (AvgIpc) is 3.99. The van der Waals surface area contributed by atoms with Crippen LogP contribution in [-0.2, 0) is 42.5 Å². The van der Waals surface area contributed by atoms with Gasteiger partial charge in [-0.3, -0.25) is 32.5 Å². The number of halogens is 2. The SMILES string of the molecule is CCCCCCCCCCOc1ccc(C(=O)Oc2ccc(CS[P@]3(=O)OC[C@H]4O[C@@H](n5cnc6c(N)ncnc65)[C@H](F)[C@@H]4OP(=O)([O-])OC[C@H]4O[C@@H](n5ccc(=O)[nH]c5=O)[C@H](F)[C@@H]4O3)cc2)cc1.[CH3+]. The average molecular weight is 1040 g/mol. The van der Waals surface area contributed by atoms with E-state index in [2.05, 4.69) is 21.9 Å². The molecular formula is C44H53F2N7O14P2S. The van der Waals surface area contributed by atoms with Crippen LogP contribution in [0.1, 0.15) is 86.7 Å². The van der Waals surface area contributed by atoms with Gasteiger partial charge >= 0.3 is 18.5 Å². The largest absolute Gasteiger partial charge is 0.756 e. The van der Waals surface area contributed by atoms with E-state index in [9.17, 15) is 28.4 Å². The van der Waals surface area contributed by atoms with E-state index in [0.717, 1.165) is 42.3 Å². The van der Waals surface area contributed by atoms with Gasteiger partial charge in [0, 0.05) is 25.4 Å². The molecule has 3 saturated heterocycles. The Morgan fingerprint density at radius 2 is 1.47 bits per heavy atom. The standard InChI is InChI=1S/C43H51F2N7O14P2S.CH3/c1-2-3-4-5-6-7-8-9-20-59-28-16-12-27(13-17-28)42(54)62-29-14-10-26(11-15-29)23-69-68(58)61-22-31-36(33(44)41(64-31)52-25-49-35-38(46)47-24-48-39(35)52)65-67(56,57)60-21-30-37(66-68)34(45)40(63-30)51-19-18-32(53)50-43(51)55;/h10-19,24-25,30-31,33-34,36-37,40-41H,2-9,20-23H2,1H3,(H,56,57)(H2,46,47,48)(H,50,53,55);1H3/q;+1/p-1/t30-,31-,33-,34-,36-,37-,40-,41-,68-;/m1./s1. The number of imidazole rings is 1. The van der Waals surface area contributed by atoms with Crippen LogP contribution in [0.3, 0.4) is 0 Å². The number of unbranched alkanes of at least 4 members (excludes halogenated alkanes) is 7. The normalized spacial score (nSPS) is 27.9. The minimum atomic E-state index is -5.49. The molecule has 8 rings (SSSR count). The molecule has 0 spiro atoms. The first-order chi connectivity index (χ1) is 33.2. The minimum absolute atomic E-state index is 0. The second-order valence-electron chi connectivity index (χ2n) is 16.4. The summed E-state index contributed by atoms with van der Waals surface area (Å²) in [4.78, 5) is 64.8. The van der Waals surface area contributed by atoms with E-state index in [1.807, 2.05) is 4.98 Å². The van der Waals surface area contributed by atoms with Crippen molar-refractivity contribution in [2.45, 2.75) is 113 Å². The van der Waals surface area contributed by atoms with Crippen molar-refractivity contribution in [2.24, 2.45) is 0 Å². The molecule has 3 aliphatic rings. The predicted octanol–water partition coefficient (Wildman–Crippen LogP) is 6.95. The highest BCUT2D eigenvalue weighted by atomic mass is 32.7. The van der Waals surface area contributed by atoms with Gasteiger partial charge < -0.3 is 38.6 Å². The van der Waals surface area contributed by atoms with Crippen molar-refractivity contribution in [3.05, 3.63) is 113 Å². The zero-order valence-electron chi connectivity index (χ0n) is 38.1. The number of nitrogens with zero attached hydrogens (tertiary/aromatic N) is 5. The Balaban J connectivity index is 0.00000722. The van der Waals surface area contributed by atoms with E-state index in [1.54, 1.807) is 36.4 Å². The summed E-state index contributed by atoms with van der Waals surface area (Å²) in [5, 5.41) is 0. The summed E-state index contributed by atoms with van der Waals surface area (Å²) in [6.07, 6.45) is -2.60. The number of nitrogens with one attached hydrogen (secondary N) is 1. The van der Waals surface area contributed by atoms with Crippen LogP contribution in [0.25, 0.3) is 11.2 Å². The first-order valence-electron chi connectivity index (χ1n) is 22.3. The smallest absolute Gasteiger partial charge is 0.389 e. The fraction of sp³-hybridized carbons (Fsp3) is 0.477. The molecule has 0 radical (unpaired) electrons. The lowest BCUT2D eigenvalue weighted by Crippen LogP contribution is -2.38. The summed E-state index contributed by atoms with van der Waals surface area (Å²) < 4.78 is 108. The van der Waals surface area contributed by atoms with Crippen LogP contribution in [-0.4, -0.2) is 91.6 Å². The summed E-state index contributed by atoms with van der Waals surface area (Å²) in [6, 6.07) is 13.7. The summed E-state index contributed by atoms with van der Waals surface area (Å²) in [5.74, 6) is 0.0618. The number of carbonyl (C=O) groups is 1. The molecule has 5 aromatic rings. The minimum Gasteiger partial charge on any atom is -0.756 e. The van der Waals surface area contributed by atoms with E-state index >= 15 is 8.78 Å². The number of nitrogen functional groups attached to an aromatic ring is 1. The Bertz CT molecular complexity index is 2770. The number of anilines is 1. The number of phosphoric acid groups is 1. The van der Waals surface area contributed by atoms with Gasteiger partial charge in [0.25, 0.3) is 13.4 Å². The van der Waals surface area contributed by atoms with Crippen LogP contribution >= 0.6 is 26.0 Å².